The molecule has 0 radical (unpaired) electrons. The summed E-state index contributed by atoms with van der Waals surface area (Å²) in [7, 11) is 2.79. The molecule has 0 unspecified atom stereocenters. The van der Waals surface area contributed by atoms with Gasteiger partial charge < -0.3 is 19.4 Å². The number of aromatic nitrogens is 4. The summed E-state index contributed by atoms with van der Waals surface area (Å²) in [5.41, 5.74) is 12.4. The van der Waals surface area contributed by atoms with Gasteiger partial charge in [0.05, 0.1) is 37.0 Å². The number of hydrogen-bond donors (Lipinski definition) is 0. The number of esters is 2. The second-order valence-corrected chi connectivity index (χ2v) is 10.2. The van der Waals surface area contributed by atoms with E-state index in [1.165, 1.54) is 14.2 Å². The molecule has 3 aromatic rings. The molecule has 2 aliphatic rings. The molecule has 0 amide bonds. The van der Waals surface area contributed by atoms with E-state index in [0.29, 0.717) is 12.8 Å². The Labute approximate surface area is 253 Å². The van der Waals surface area contributed by atoms with Gasteiger partial charge in [-0.05, 0) is 69.9 Å². The molecule has 0 aliphatic carbocycles. The number of fused-ring (bicyclic) bond motifs is 8. The Kier molecular flexibility index (Phi) is 9.11. The van der Waals surface area contributed by atoms with Crippen LogP contribution in [0.15, 0.2) is 24.3 Å². The third-order valence-electron chi connectivity index (χ3n) is 7.54. The smallest absolute Gasteiger partial charge is 0.657 e. The first kappa shape index (κ1) is 30.2. The number of carbonyl (C=O) groups excluding carboxylic acids is 2. The summed E-state index contributed by atoms with van der Waals surface area (Å²) in [6.07, 6.45) is 5.52. The maximum absolute atomic E-state index is 12.0. The van der Waals surface area contributed by atoms with Crippen LogP contribution in [-0.4, -0.2) is 36.1 Å². The van der Waals surface area contributed by atoms with Crippen LogP contribution in [0.4, 0.5) is 0 Å². The Morgan fingerprint density at radius 2 is 1.10 bits per heavy atom. The number of rotatable bonds is 6. The van der Waals surface area contributed by atoms with Crippen molar-refractivity contribution in [1.82, 2.24) is 19.9 Å². The van der Waals surface area contributed by atoms with E-state index in [1.807, 2.05) is 64.1 Å². The zero-order chi connectivity index (χ0) is 28.6. The van der Waals surface area contributed by atoms with Crippen LogP contribution in [0, 0.1) is 13.8 Å². The summed E-state index contributed by atoms with van der Waals surface area (Å²) in [6.45, 7) is 8.10. The van der Waals surface area contributed by atoms with Crippen molar-refractivity contribution in [3.05, 3.63) is 69.3 Å². The quantitative estimate of drug-likeness (QED) is 0.256. The van der Waals surface area contributed by atoms with Crippen molar-refractivity contribution >= 4 is 57.3 Å². The molecule has 0 saturated heterocycles. The number of hydrogen-bond acceptors (Lipinski definition) is 6. The van der Waals surface area contributed by atoms with Crippen LogP contribution in [0.1, 0.15) is 71.7 Å². The number of ether oxygens (including phenoxy) is 2. The summed E-state index contributed by atoms with van der Waals surface area (Å²) in [4.78, 5) is 43.7. The monoisotopic (exact) mass is 642 g/mol. The molecular formula is C32H32N4O4Pd. The molecule has 5 heterocycles. The van der Waals surface area contributed by atoms with Crippen molar-refractivity contribution < 1.29 is 39.5 Å². The summed E-state index contributed by atoms with van der Waals surface area (Å²) in [6, 6.07) is 7.91. The van der Waals surface area contributed by atoms with E-state index in [1.54, 1.807) is 0 Å². The van der Waals surface area contributed by atoms with Crippen LogP contribution in [0.25, 0.3) is 45.4 Å². The molecule has 0 saturated carbocycles. The van der Waals surface area contributed by atoms with Crippen LogP contribution in [0.2, 0.25) is 0 Å². The topological polar surface area (TPSA) is 107 Å². The summed E-state index contributed by atoms with van der Waals surface area (Å²) >= 11 is 0. The number of carbonyl (C=O) groups is 2. The predicted molar refractivity (Wildman–Crippen MR) is 156 cm³/mol. The minimum atomic E-state index is -0.279. The molecule has 0 spiro atoms. The fourth-order valence-corrected chi connectivity index (χ4v) is 5.15. The fraction of sp³-hybridized carbons (Fsp3) is 0.312. The molecule has 8 bridgehead atoms. The van der Waals surface area contributed by atoms with Gasteiger partial charge in [-0.25, -0.2) is 9.97 Å². The maximum atomic E-state index is 12.0. The van der Waals surface area contributed by atoms with Crippen molar-refractivity contribution in [2.75, 3.05) is 14.2 Å². The first-order valence-corrected chi connectivity index (χ1v) is 13.3. The van der Waals surface area contributed by atoms with Gasteiger partial charge in [0.2, 0.25) is 0 Å². The normalized spacial score (nSPS) is 12.3. The third kappa shape index (κ3) is 6.27. The predicted octanol–water partition coefficient (Wildman–Crippen LogP) is 5.52. The van der Waals surface area contributed by atoms with Gasteiger partial charge in [0.25, 0.3) is 0 Å². The van der Waals surface area contributed by atoms with Crippen molar-refractivity contribution in [2.45, 2.75) is 53.4 Å². The van der Waals surface area contributed by atoms with Gasteiger partial charge in [0.15, 0.2) is 0 Å². The molecule has 2 aliphatic heterocycles. The van der Waals surface area contributed by atoms with Crippen LogP contribution in [-0.2, 0) is 52.3 Å². The Balaban J connectivity index is 0.00000387. The van der Waals surface area contributed by atoms with Gasteiger partial charge in [0, 0.05) is 12.8 Å². The second kappa shape index (κ2) is 12.4. The molecule has 41 heavy (non-hydrogen) atoms. The molecule has 9 heteroatoms. The standard InChI is InChI=1S/C32H32N4O4.Pd/c1-17-11-22-14-27-19(3)23(7-9-31(37)39-5)29(35-27)16-30-24(8-10-32(38)40-6)20(4)28(36-30)15-26-18(2)12-21(34-26)13-25(17)33-22;/h11-16H,7-10H2,1-6H3;/q-2;+2. The minimum Gasteiger partial charge on any atom is -0.657 e. The van der Waals surface area contributed by atoms with Gasteiger partial charge in [-0.3, -0.25) is 9.59 Å². The maximum Gasteiger partial charge on any atom is 2.00 e. The van der Waals surface area contributed by atoms with Crippen molar-refractivity contribution in [2.24, 2.45) is 0 Å². The average molecular weight is 643 g/mol. The molecule has 0 fully saturated rings. The molecule has 0 N–H and O–H groups in total. The van der Waals surface area contributed by atoms with E-state index in [4.69, 9.17) is 29.4 Å². The Hall–Kier alpha value is -3.80. The molecule has 214 valence electrons. The summed E-state index contributed by atoms with van der Waals surface area (Å²) < 4.78 is 9.80. The summed E-state index contributed by atoms with van der Waals surface area (Å²) in [5.74, 6) is -0.558. The van der Waals surface area contributed by atoms with Crippen LogP contribution < -0.4 is 9.97 Å². The van der Waals surface area contributed by atoms with Gasteiger partial charge in [0.1, 0.15) is 0 Å². The average Bonchev–Trinajstić information content (AvgIpc) is 3.62. The first-order chi connectivity index (χ1) is 19.2. The van der Waals surface area contributed by atoms with Gasteiger partial charge in [-0.1, -0.05) is 40.5 Å². The Morgan fingerprint density at radius 1 is 0.659 bits per heavy atom. The first-order valence-electron chi connectivity index (χ1n) is 13.3. The molecule has 5 rings (SSSR count). The zero-order valence-electron chi connectivity index (χ0n) is 24.0. The van der Waals surface area contributed by atoms with E-state index in [0.717, 1.165) is 78.2 Å². The molecule has 0 atom stereocenters. The zero-order valence-corrected chi connectivity index (χ0v) is 25.6. The Bertz CT molecular complexity index is 1760. The number of methoxy groups -OCH3 is 2. The van der Waals surface area contributed by atoms with Crippen molar-refractivity contribution in [1.29, 1.82) is 0 Å². The van der Waals surface area contributed by atoms with E-state index in [-0.39, 0.29) is 45.2 Å². The Morgan fingerprint density at radius 3 is 1.59 bits per heavy atom. The molecule has 0 aromatic carbocycles. The van der Waals surface area contributed by atoms with Gasteiger partial charge in [-0.2, -0.15) is 0 Å². The number of aryl methyl sites for hydroxylation is 4. The fourth-order valence-electron chi connectivity index (χ4n) is 5.15. The summed E-state index contributed by atoms with van der Waals surface area (Å²) in [5, 5.41) is 0. The molecular weight excluding hydrogens is 611 g/mol. The largest absolute Gasteiger partial charge is 2.00 e. The van der Waals surface area contributed by atoms with Gasteiger partial charge in [-0.15, -0.1) is 22.1 Å². The second-order valence-electron chi connectivity index (χ2n) is 10.2. The van der Waals surface area contributed by atoms with E-state index in [2.05, 4.69) is 0 Å². The third-order valence-corrected chi connectivity index (χ3v) is 7.54. The molecule has 3 aromatic heterocycles. The van der Waals surface area contributed by atoms with E-state index in [9.17, 15) is 9.59 Å². The molecule has 8 nitrogen and oxygen atoms in total. The van der Waals surface area contributed by atoms with Gasteiger partial charge >= 0.3 is 32.4 Å². The number of nitrogens with zero attached hydrogens (tertiary/aromatic N) is 4. The van der Waals surface area contributed by atoms with Crippen LogP contribution >= 0.6 is 0 Å². The van der Waals surface area contributed by atoms with E-state index >= 15 is 0 Å². The van der Waals surface area contributed by atoms with Crippen molar-refractivity contribution in [3.8, 4) is 0 Å². The van der Waals surface area contributed by atoms with Crippen LogP contribution in [0.5, 0.6) is 0 Å². The number of allylic oxidation sites excluding steroid dienone is 2. The van der Waals surface area contributed by atoms with Crippen molar-refractivity contribution in [3.63, 3.8) is 0 Å². The van der Waals surface area contributed by atoms with E-state index < -0.39 is 0 Å². The van der Waals surface area contributed by atoms with Crippen LogP contribution in [0.3, 0.4) is 0 Å². The SMILES string of the molecule is COC(=O)CCc1c(C)c2cc3nc(cc4nc(cc5[n-]c(cc1[n-]2)c(CCC(=O)OC)c5C)C(C)=C4)C(C)=C3.[Pd+2]. The minimum absolute atomic E-state index is 0.